The van der Waals surface area contributed by atoms with Gasteiger partial charge in [-0.05, 0) is 30.7 Å². The van der Waals surface area contributed by atoms with Gasteiger partial charge in [0.1, 0.15) is 12.6 Å². The molecule has 180 valence electrons. The maximum absolute atomic E-state index is 13.4. The summed E-state index contributed by atoms with van der Waals surface area (Å²) in [7, 11) is 0.486. The second-order valence-electron chi connectivity index (χ2n) is 7.21. The first-order chi connectivity index (χ1) is 15.5. The van der Waals surface area contributed by atoms with E-state index in [1.807, 2.05) is 0 Å². The second kappa shape index (κ2) is 11.2. The molecule has 0 bridgehead atoms. The predicted molar refractivity (Wildman–Crippen MR) is 127 cm³/mol. The quantitative estimate of drug-likeness (QED) is 0.540. The van der Waals surface area contributed by atoms with E-state index in [1.165, 1.54) is 38.3 Å². The minimum Gasteiger partial charge on any atom is -0.493 e. The maximum Gasteiger partial charge on any atom is 0.244 e. The number of anilines is 1. The van der Waals surface area contributed by atoms with E-state index < -0.39 is 34.4 Å². The molecule has 0 unspecified atom stereocenters. The number of rotatable bonds is 10. The van der Waals surface area contributed by atoms with Gasteiger partial charge in [0.25, 0.3) is 0 Å². The van der Waals surface area contributed by atoms with Gasteiger partial charge >= 0.3 is 0 Å². The molecule has 2 aromatic carbocycles. The highest BCUT2D eigenvalue weighted by atomic mass is 35.5. The first-order valence-corrected chi connectivity index (χ1v) is 12.2. The summed E-state index contributed by atoms with van der Waals surface area (Å²) in [6.07, 6.45) is 0.998. The number of amides is 2. The molecule has 0 aliphatic rings. The zero-order chi connectivity index (χ0) is 24.8. The van der Waals surface area contributed by atoms with E-state index in [9.17, 15) is 18.0 Å². The molecule has 0 aliphatic heterocycles. The predicted octanol–water partition coefficient (Wildman–Crippen LogP) is 2.29. The number of sulfonamides is 1. The Morgan fingerprint density at radius 1 is 1.09 bits per heavy atom. The van der Waals surface area contributed by atoms with Gasteiger partial charge in [-0.1, -0.05) is 29.8 Å². The van der Waals surface area contributed by atoms with Crippen LogP contribution in [0.1, 0.15) is 12.5 Å². The van der Waals surface area contributed by atoms with E-state index in [0.717, 1.165) is 10.6 Å². The lowest BCUT2D eigenvalue weighted by Gasteiger charge is -2.31. The molecule has 2 rings (SSSR count). The third-order valence-electron chi connectivity index (χ3n) is 5.05. The molecular formula is C22H28ClN3O6S. The first kappa shape index (κ1) is 26.3. The molecule has 0 aliphatic carbocycles. The number of carbonyl (C=O) groups is 2. The molecule has 0 saturated heterocycles. The standard InChI is InChI=1S/C22H28ClN3O6S/c1-15(22(28)24-2)25(13-16-8-6-7-9-18(16)23)21(27)14-26(33(5,29)30)17-10-11-19(31-3)20(12-17)32-4/h6-12,15H,13-14H2,1-5H3,(H,24,28)/t15-/m0/s1. The van der Waals surface area contributed by atoms with E-state index in [1.54, 1.807) is 37.3 Å². The molecule has 9 nitrogen and oxygen atoms in total. The van der Waals surface area contributed by atoms with Gasteiger partial charge in [-0.3, -0.25) is 13.9 Å². The Morgan fingerprint density at radius 2 is 1.73 bits per heavy atom. The highest BCUT2D eigenvalue weighted by Crippen LogP contribution is 2.32. The van der Waals surface area contributed by atoms with Crippen LogP contribution < -0.4 is 19.1 Å². The van der Waals surface area contributed by atoms with Crippen LogP contribution in [0.2, 0.25) is 5.02 Å². The van der Waals surface area contributed by atoms with Gasteiger partial charge in [0, 0.05) is 24.7 Å². The Hall–Kier alpha value is -2.98. The number of halogens is 1. The summed E-state index contributed by atoms with van der Waals surface area (Å²) in [6.45, 7) is 1.06. The van der Waals surface area contributed by atoms with Crippen molar-refractivity contribution < 1.29 is 27.5 Å². The van der Waals surface area contributed by atoms with Gasteiger partial charge in [-0.15, -0.1) is 0 Å². The van der Waals surface area contributed by atoms with Crippen molar-refractivity contribution in [2.24, 2.45) is 0 Å². The van der Waals surface area contributed by atoms with Crippen LogP contribution in [0.4, 0.5) is 5.69 Å². The molecule has 33 heavy (non-hydrogen) atoms. The van der Waals surface area contributed by atoms with Crippen LogP contribution in [-0.4, -0.2) is 65.2 Å². The first-order valence-electron chi connectivity index (χ1n) is 9.97. The number of nitrogens with one attached hydrogen (secondary N) is 1. The highest BCUT2D eigenvalue weighted by molar-refractivity contribution is 7.92. The van der Waals surface area contributed by atoms with Crippen LogP contribution in [-0.2, 0) is 26.2 Å². The summed E-state index contributed by atoms with van der Waals surface area (Å²) in [6, 6.07) is 10.6. The minimum absolute atomic E-state index is 0.0244. The topological polar surface area (TPSA) is 105 Å². The molecule has 0 spiro atoms. The minimum atomic E-state index is -3.86. The van der Waals surface area contributed by atoms with E-state index >= 15 is 0 Å². The number of hydrogen-bond acceptors (Lipinski definition) is 6. The van der Waals surface area contributed by atoms with Crippen LogP contribution in [0.25, 0.3) is 0 Å². The summed E-state index contributed by atoms with van der Waals surface area (Å²) in [5.74, 6) is -0.254. The number of ether oxygens (including phenoxy) is 2. The van der Waals surface area contributed by atoms with Crippen molar-refractivity contribution in [1.82, 2.24) is 10.2 Å². The lowest BCUT2D eigenvalue weighted by molar-refractivity contribution is -0.139. The number of likely N-dealkylation sites (N-methyl/N-ethyl adjacent to an activating group) is 1. The van der Waals surface area contributed by atoms with E-state index in [2.05, 4.69) is 5.32 Å². The van der Waals surface area contributed by atoms with Crippen LogP contribution in [0.3, 0.4) is 0 Å². The Bertz CT molecular complexity index is 1110. The van der Waals surface area contributed by atoms with Crippen LogP contribution in [0.15, 0.2) is 42.5 Å². The molecule has 0 aromatic heterocycles. The third kappa shape index (κ3) is 6.52. The van der Waals surface area contributed by atoms with Crippen molar-refractivity contribution in [3.63, 3.8) is 0 Å². The van der Waals surface area contributed by atoms with Crippen molar-refractivity contribution in [2.45, 2.75) is 19.5 Å². The van der Waals surface area contributed by atoms with Crippen molar-refractivity contribution in [3.05, 3.63) is 53.1 Å². The normalized spacial score (nSPS) is 11.9. The number of hydrogen-bond donors (Lipinski definition) is 1. The van der Waals surface area contributed by atoms with Crippen molar-refractivity contribution >= 4 is 39.1 Å². The molecule has 11 heteroatoms. The number of nitrogens with zero attached hydrogens (tertiary/aromatic N) is 2. The lowest BCUT2D eigenvalue weighted by Crippen LogP contribution is -2.50. The Labute approximate surface area is 199 Å². The third-order valence-corrected chi connectivity index (χ3v) is 6.56. The fourth-order valence-corrected chi connectivity index (χ4v) is 4.23. The smallest absolute Gasteiger partial charge is 0.244 e. The molecule has 2 amide bonds. The fourth-order valence-electron chi connectivity index (χ4n) is 3.20. The Kier molecular flexibility index (Phi) is 8.95. The molecular weight excluding hydrogens is 470 g/mol. The number of benzene rings is 2. The largest absolute Gasteiger partial charge is 0.493 e. The molecule has 0 fully saturated rings. The van der Waals surface area contributed by atoms with Gasteiger partial charge in [-0.2, -0.15) is 0 Å². The molecule has 1 atom stereocenters. The zero-order valence-electron chi connectivity index (χ0n) is 19.2. The van der Waals surface area contributed by atoms with Crippen LogP contribution in [0, 0.1) is 0 Å². The van der Waals surface area contributed by atoms with Gasteiger partial charge in [0.05, 0.1) is 26.2 Å². The summed E-state index contributed by atoms with van der Waals surface area (Å²) >= 11 is 6.26. The highest BCUT2D eigenvalue weighted by Gasteiger charge is 2.30. The van der Waals surface area contributed by atoms with Crippen LogP contribution >= 0.6 is 11.6 Å². The van der Waals surface area contributed by atoms with Gasteiger partial charge in [0.15, 0.2) is 11.5 Å². The van der Waals surface area contributed by atoms with Crippen LogP contribution in [0.5, 0.6) is 11.5 Å². The Balaban J connectivity index is 2.44. The average molecular weight is 498 g/mol. The molecule has 2 aromatic rings. The number of carbonyl (C=O) groups excluding carboxylic acids is 2. The Morgan fingerprint density at radius 3 is 2.27 bits per heavy atom. The fraction of sp³-hybridized carbons (Fsp3) is 0.364. The van der Waals surface area contributed by atoms with Gasteiger partial charge < -0.3 is 19.7 Å². The van der Waals surface area contributed by atoms with Gasteiger partial charge in [0.2, 0.25) is 21.8 Å². The molecule has 0 heterocycles. The summed E-state index contributed by atoms with van der Waals surface area (Å²) in [5.41, 5.74) is 0.842. The summed E-state index contributed by atoms with van der Waals surface area (Å²) in [4.78, 5) is 27.0. The van der Waals surface area contributed by atoms with Crippen molar-refractivity contribution in [1.29, 1.82) is 0 Å². The summed E-state index contributed by atoms with van der Waals surface area (Å²) in [5, 5.41) is 2.95. The van der Waals surface area contributed by atoms with E-state index in [-0.39, 0.29) is 12.2 Å². The lowest BCUT2D eigenvalue weighted by atomic mass is 10.1. The maximum atomic E-state index is 13.4. The number of methoxy groups -OCH3 is 2. The summed E-state index contributed by atoms with van der Waals surface area (Å²) < 4.78 is 36.6. The van der Waals surface area contributed by atoms with Crippen molar-refractivity contribution in [2.75, 3.05) is 38.4 Å². The van der Waals surface area contributed by atoms with Gasteiger partial charge in [-0.25, -0.2) is 8.42 Å². The SMILES string of the molecule is CNC(=O)[C@H](C)N(Cc1ccccc1Cl)C(=O)CN(c1ccc(OC)c(OC)c1)S(C)(=O)=O. The molecule has 1 N–H and O–H groups in total. The monoisotopic (exact) mass is 497 g/mol. The van der Waals surface area contributed by atoms with Crippen molar-refractivity contribution in [3.8, 4) is 11.5 Å². The van der Waals surface area contributed by atoms with E-state index in [4.69, 9.17) is 21.1 Å². The molecule has 0 saturated carbocycles. The van der Waals surface area contributed by atoms with E-state index in [0.29, 0.717) is 22.1 Å². The molecule has 0 radical (unpaired) electrons. The zero-order valence-corrected chi connectivity index (χ0v) is 20.7. The average Bonchev–Trinajstić information content (AvgIpc) is 2.79. The second-order valence-corrected chi connectivity index (χ2v) is 9.53.